The van der Waals surface area contributed by atoms with Crippen LogP contribution in [-0.2, 0) is 17.5 Å². The van der Waals surface area contributed by atoms with Crippen LogP contribution in [0.2, 0.25) is 0 Å². The van der Waals surface area contributed by atoms with Gasteiger partial charge in [0.25, 0.3) is 5.91 Å². The molecule has 0 unspecified atom stereocenters. The summed E-state index contributed by atoms with van der Waals surface area (Å²) in [5.41, 5.74) is 0.00251. The first-order valence-corrected chi connectivity index (χ1v) is 10.4. The molecule has 0 bridgehead atoms. The number of piperazine rings is 1. The van der Waals surface area contributed by atoms with Gasteiger partial charge in [0.05, 0.1) is 5.56 Å². The molecular weight excluding hydrogens is 411 g/mol. The SMILES string of the molecule is COCc1ccc(C(=O)NCCCCN2CCN(c3cccc(C(F)(F)F)c3)CC2)o1. The number of nitrogens with one attached hydrogen (secondary N) is 1. The molecule has 1 aromatic carbocycles. The number of amides is 1. The smallest absolute Gasteiger partial charge is 0.416 e. The fraction of sp³-hybridized carbons (Fsp3) is 0.500. The zero-order chi connectivity index (χ0) is 22.3. The van der Waals surface area contributed by atoms with Gasteiger partial charge >= 0.3 is 6.18 Å². The Hall–Kier alpha value is -2.52. The lowest BCUT2D eigenvalue weighted by Gasteiger charge is -2.36. The highest BCUT2D eigenvalue weighted by atomic mass is 19.4. The molecule has 2 aromatic rings. The second-order valence-electron chi connectivity index (χ2n) is 7.54. The molecule has 31 heavy (non-hydrogen) atoms. The predicted molar refractivity (Wildman–Crippen MR) is 111 cm³/mol. The zero-order valence-electron chi connectivity index (χ0n) is 17.6. The van der Waals surface area contributed by atoms with Gasteiger partial charge in [-0.3, -0.25) is 9.69 Å². The van der Waals surface area contributed by atoms with Crippen LogP contribution in [0.25, 0.3) is 0 Å². The minimum Gasteiger partial charge on any atom is -0.453 e. The Morgan fingerprint density at radius 1 is 1.13 bits per heavy atom. The van der Waals surface area contributed by atoms with Crippen LogP contribution in [0.4, 0.5) is 18.9 Å². The molecule has 0 radical (unpaired) electrons. The van der Waals surface area contributed by atoms with Crippen molar-refractivity contribution in [1.82, 2.24) is 10.2 Å². The van der Waals surface area contributed by atoms with Gasteiger partial charge in [-0.05, 0) is 49.7 Å². The fourth-order valence-corrected chi connectivity index (χ4v) is 3.58. The second kappa shape index (κ2) is 10.7. The third-order valence-corrected chi connectivity index (χ3v) is 5.27. The molecule has 9 heteroatoms. The Morgan fingerprint density at radius 3 is 2.61 bits per heavy atom. The van der Waals surface area contributed by atoms with Crippen molar-refractivity contribution in [2.75, 3.05) is 51.3 Å². The number of hydrogen-bond donors (Lipinski definition) is 1. The Labute approximate surface area is 179 Å². The van der Waals surface area contributed by atoms with E-state index in [0.717, 1.165) is 38.5 Å². The number of rotatable bonds is 9. The molecule has 2 heterocycles. The lowest BCUT2D eigenvalue weighted by molar-refractivity contribution is -0.137. The summed E-state index contributed by atoms with van der Waals surface area (Å²) < 4.78 is 49.1. The number of halogens is 3. The Bertz CT molecular complexity index is 846. The van der Waals surface area contributed by atoms with Crippen molar-refractivity contribution < 1.29 is 27.1 Å². The molecule has 1 fully saturated rings. The van der Waals surface area contributed by atoms with Crippen LogP contribution < -0.4 is 10.2 Å². The van der Waals surface area contributed by atoms with Crippen molar-refractivity contribution in [1.29, 1.82) is 0 Å². The van der Waals surface area contributed by atoms with E-state index in [1.54, 1.807) is 25.3 Å². The summed E-state index contributed by atoms with van der Waals surface area (Å²) in [6.07, 6.45) is -2.56. The van der Waals surface area contributed by atoms with E-state index in [1.807, 2.05) is 4.90 Å². The second-order valence-corrected chi connectivity index (χ2v) is 7.54. The number of ether oxygens (including phenoxy) is 1. The highest BCUT2D eigenvalue weighted by Gasteiger charge is 2.31. The van der Waals surface area contributed by atoms with Crippen LogP contribution >= 0.6 is 0 Å². The highest BCUT2D eigenvalue weighted by Crippen LogP contribution is 2.31. The van der Waals surface area contributed by atoms with E-state index in [-0.39, 0.29) is 11.7 Å². The van der Waals surface area contributed by atoms with Gasteiger partial charge in [0.1, 0.15) is 12.4 Å². The number of furan rings is 1. The molecule has 1 saturated heterocycles. The monoisotopic (exact) mass is 439 g/mol. The molecule has 1 amide bonds. The minimum atomic E-state index is -4.32. The minimum absolute atomic E-state index is 0.239. The van der Waals surface area contributed by atoms with E-state index in [4.69, 9.17) is 9.15 Å². The van der Waals surface area contributed by atoms with Crippen LogP contribution in [-0.4, -0.2) is 57.2 Å². The highest BCUT2D eigenvalue weighted by molar-refractivity contribution is 5.91. The summed E-state index contributed by atoms with van der Waals surface area (Å²) in [4.78, 5) is 16.3. The van der Waals surface area contributed by atoms with Crippen molar-refractivity contribution in [2.45, 2.75) is 25.6 Å². The predicted octanol–water partition coefficient (Wildman–Crippen LogP) is 3.78. The van der Waals surface area contributed by atoms with E-state index >= 15 is 0 Å². The van der Waals surface area contributed by atoms with E-state index in [1.165, 1.54) is 12.1 Å². The van der Waals surface area contributed by atoms with Crippen molar-refractivity contribution in [3.05, 3.63) is 53.5 Å². The summed E-state index contributed by atoms with van der Waals surface area (Å²) in [5.74, 6) is 0.645. The van der Waals surface area contributed by atoms with Gasteiger partial charge in [-0.2, -0.15) is 13.2 Å². The number of benzene rings is 1. The molecule has 1 aliphatic rings. The summed E-state index contributed by atoms with van der Waals surface area (Å²) in [7, 11) is 1.56. The Morgan fingerprint density at radius 2 is 1.90 bits per heavy atom. The van der Waals surface area contributed by atoms with Gasteiger partial charge in [-0.15, -0.1) is 0 Å². The molecule has 0 saturated carbocycles. The molecule has 0 aliphatic carbocycles. The third kappa shape index (κ3) is 6.73. The Balaban J connectivity index is 1.33. The largest absolute Gasteiger partial charge is 0.453 e. The van der Waals surface area contributed by atoms with Crippen molar-refractivity contribution in [2.24, 2.45) is 0 Å². The molecule has 0 spiro atoms. The summed E-state index contributed by atoms with van der Waals surface area (Å²) in [6.45, 7) is 4.78. The average Bonchev–Trinajstić information content (AvgIpc) is 3.22. The maximum absolute atomic E-state index is 12.9. The van der Waals surface area contributed by atoms with Crippen LogP contribution in [0.5, 0.6) is 0 Å². The normalized spacial score (nSPS) is 15.3. The number of unbranched alkanes of at least 4 members (excludes halogenated alkanes) is 1. The van der Waals surface area contributed by atoms with Crippen molar-refractivity contribution >= 4 is 11.6 Å². The maximum Gasteiger partial charge on any atom is 0.416 e. The lowest BCUT2D eigenvalue weighted by atomic mass is 10.1. The first-order chi connectivity index (χ1) is 14.9. The molecule has 3 rings (SSSR count). The molecule has 0 atom stereocenters. The summed E-state index contributed by atoms with van der Waals surface area (Å²) in [5, 5.41) is 2.85. The molecule has 170 valence electrons. The topological polar surface area (TPSA) is 58.0 Å². The molecule has 1 N–H and O–H groups in total. The first-order valence-electron chi connectivity index (χ1n) is 10.4. The van der Waals surface area contributed by atoms with Gasteiger partial charge in [0, 0.05) is 45.5 Å². The van der Waals surface area contributed by atoms with Crippen molar-refractivity contribution in [3.8, 4) is 0 Å². The first kappa shape index (κ1) is 23.1. The van der Waals surface area contributed by atoms with E-state index in [9.17, 15) is 18.0 Å². The van der Waals surface area contributed by atoms with E-state index in [0.29, 0.717) is 37.7 Å². The average molecular weight is 439 g/mol. The Kier molecular flexibility index (Phi) is 7.97. The number of methoxy groups -OCH3 is 1. The molecule has 1 aliphatic heterocycles. The number of anilines is 1. The maximum atomic E-state index is 12.9. The van der Waals surface area contributed by atoms with Crippen LogP contribution in [0.3, 0.4) is 0 Å². The van der Waals surface area contributed by atoms with Crippen LogP contribution in [0.15, 0.2) is 40.8 Å². The van der Waals surface area contributed by atoms with Gasteiger partial charge < -0.3 is 19.4 Å². The number of nitrogens with zero attached hydrogens (tertiary/aromatic N) is 2. The number of carbonyl (C=O) groups excluding carboxylic acids is 1. The van der Waals surface area contributed by atoms with E-state index in [2.05, 4.69) is 10.2 Å². The van der Waals surface area contributed by atoms with Crippen molar-refractivity contribution in [3.63, 3.8) is 0 Å². The number of alkyl halides is 3. The van der Waals surface area contributed by atoms with Gasteiger partial charge in [-0.1, -0.05) is 6.07 Å². The molecule has 6 nitrogen and oxygen atoms in total. The molecular formula is C22H28F3N3O3. The molecule has 1 aromatic heterocycles. The van der Waals surface area contributed by atoms with Gasteiger partial charge in [-0.25, -0.2) is 0 Å². The standard InChI is InChI=1S/C22H28F3N3O3/c1-30-16-19-7-8-20(31-19)21(29)26-9-2-3-10-27-11-13-28(14-12-27)18-6-4-5-17(15-18)22(23,24)25/h4-8,15H,2-3,9-14,16H2,1H3,(H,26,29). The zero-order valence-corrected chi connectivity index (χ0v) is 17.6. The van der Waals surface area contributed by atoms with Gasteiger partial charge in [0.15, 0.2) is 5.76 Å². The van der Waals surface area contributed by atoms with Gasteiger partial charge in [0.2, 0.25) is 0 Å². The third-order valence-electron chi connectivity index (χ3n) is 5.27. The van der Waals surface area contributed by atoms with Crippen LogP contribution in [0, 0.1) is 0 Å². The quantitative estimate of drug-likeness (QED) is 0.603. The van der Waals surface area contributed by atoms with Crippen LogP contribution in [0.1, 0.15) is 34.7 Å². The summed E-state index contributed by atoms with van der Waals surface area (Å²) in [6, 6.07) is 8.86. The fourth-order valence-electron chi connectivity index (χ4n) is 3.58. The van der Waals surface area contributed by atoms with E-state index < -0.39 is 11.7 Å². The number of hydrogen-bond acceptors (Lipinski definition) is 5. The number of carbonyl (C=O) groups is 1. The lowest BCUT2D eigenvalue weighted by Crippen LogP contribution is -2.46. The summed E-state index contributed by atoms with van der Waals surface area (Å²) >= 11 is 0.